The van der Waals surface area contributed by atoms with Crippen LogP contribution < -0.4 is 4.90 Å². The number of carbonyl (C=O) groups is 2. The molecule has 1 aliphatic rings. The third kappa shape index (κ3) is 1.85. The molecule has 0 radical (unpaired) electrons. The van der Waals surface area contributed by atoms with Crippen molar-refractivity contribution in [3.05, 3.63) is 47.3 Å². The maximum Gasteiger partial charge on any atom is 0.312 e. The predicted octanol–water partition coefficient (Wildman–Crippen LogP) is 1.81. The van der Waals surface area contributed by atoms with Gasteiger partial charge >= 0.3 is 5.97 Å². The Hall–Kier alpha value is -2.63. The molecule has 0 aliphatic carbocycles. The monoisotopic (exact) mass is 272 g/mol. The number of carboxylic acids is 1. The molecule has 2 heterocycles. The summed E-state index contributed by atoms with van der Waals surface area (Å²) in [6.07, 6.45) is 0. The maximum absolute atomic E-state index is 12.4. The molecule has 0 saturated carbocycles. The van der Waals surface area contributed by atoms with Gasteiger partial charge in [0.05, 0.1) is 0 Å². The number of hydrogen-bond donors (Lipinski definition) is 1. The Labute approximate surface area is 114 Å². The first kappa shape index (κ1) is 12.4. The molecule has 1 amide bonds. The minimum absolute atomic E-state index is 0.111. The van der Waals surface area contributed by atoms with E-state index in [1.165, 1.54) is 4.90 Å². The molecule has 1 aromatic heterocycles. The number of carbonyl (C=O) groups excluding carboxylic acids is 1. The Morgan fingerprint density at radius 1 is 1.40 bits per heavy atom. The van der Waals surface area contributed by atoms with Gasteiger partial charge in [0.1, 0.15) is 11.7 Å². The molecule has 0 saturated heterocycles. The van der Waals surface area contributed by atoms with Crippen molar-refractivity contribution in [2.45, 2.75) is 12.8 Å². The quantitative estimate of drug-likeness (QED) is 0.901. The van der Waals surface area contributed by atoms with Gasteiger partial charge in [-0.3, -0.25) is 9.59 Å². The first-order valence-corrected chi connectivity index (χ1v) is 6.15. The average molecular weight is 272 g/mol. The van der Waals surface area contributed by atoms with E-state index in [9.17, 15) is 14.7 Å². The lowest BCUT2D eigenvalue weighted by Crippen LogP contribution is -2.31. The molecule has 0 unspecified atom stereocenters. The zero-order valence-electron chi connectivity index (χ0n) is 10.7. The standard InChI is InChI=1S/C14H12N2O4/c1-8-6-11(15-20-8)13(17)16-7-10(14(18)19)9-4-2-3-5-12(9)16/h2-6,10H,7H2,1H3,(H,18,19)/t10-/m0/s1. The fourth-order valence-corrected chi connectivity index (χ4v) is 2.42. The van der Waals surface area contributed by atoms with Crippen LogP contribution in [-0.2, 0) is 4.79 Å². The Morgan fingerprint density at radius 3 is 2.80 bits per heavy atom. The van der Waals surface area contributed by atoms with E-state index in [-0.39, 0.29) is 18.1 Å². The lowest BCUT2D eigenvalue weighted by molar-refractivity contribution is -0.138. The summed E-state index contributed by atoms with van der Waals surface area (Å²) in [5.41, 5.74) is 1.45. The number of hydrogen-bond acceptors (Lipinski definition) is 4. The molecule has 102 valence electrons. The van der Waals surface area contributed by atoms with Crippen LogP contribution in [0.25, 0.3) is 0 Å². The zero-order chi connectivity index (χ0) is 14.3. The topological polar surface area (TPSA) is 83.6 Å². The number of amides is 1. The number of aliphatic carboxylic acids is 1. The van der Waals surface area contributed by atoms with Crippen molar-refractivity contribution in [1.82, 2.24) is 5.16 Å². The molecule has 6 nitrogen and oxygen atoms in total. The van der Waals surface area contributed by atoms with Crippen molar-refractivity contribution < 1.29 is 19.2 Å². The molecule has 1 N–H and O–H groups in total. The van der Waals surface area contributed by atoms with Gasteiger partial charge < -0.3 is 14.5 Å². The molecule has 2 aromatic rings. The normalized spacial score (nSPS) is 17.1. The van der Waals surface area contributed by atoms with E-state index in [0.717, 1.165) is 0 Å². The molecule has 20 heavy (non-hydrogen) atoms. The van der Waals surface area contributed by atoms with Crippen molar-refractivity contribution >= 4 is 17.6 Å². The van der Waals surface area contributed by atoms with E-state index >= 15 is 0 Å². The summed E-state index contributed by atoms with van der Waals surface area (Å²) in [7, 11) is 0. The molecule has 3 rings (SSSR count). The van der Waals surface area contributed by atoms with Crippen LogP contribution in [0.4, 0.5) is 5.69 Å². The summed E-state index contributed by atoms with van der Waals surface area (Å²) < 4.78 is 4.89. The van der Waals surface area contributed by atoms with E-state index in [4.69, 9.17) is 4.52 Å². The van der Waals surface area contributed by atoms with Crippen molar-refractivity contribution in [1.29, 1.82) is 0 Å². The molecular weight excluding hydrogens is 260 g/mol. The largest absolute Gasteiger partial charge is 0.481 e. The third-order valence-electron chi connectivity index (χ3n) is 3.36. The van der Waals surface area contributed by atoms with Crippen molar-refractivity contribution in [2.24, 2.45) is 0 Å². The molecule has 0 spiro atoms. The fourth-order valence-electron chi connectivity index (χ4n) is 2.42. The van der Waals surface area contributed by atoms with Crippen LogP contribution in [0.1, 0.15) is 27.7 Å². The zero-order valence-corrected chi connectivity index (χ0v) is 10.7. The van der Waals surface area contributed by atoms with Crippen molar-refractivity contribution in [3.63, 3.8) is 0 Å². The number of rotatable bonds is 2. The van der Waals surface area contributed by atoms with Gasteiger partial charge in [0.25, 0.3) is 5.91 Å². The van der Waals surface area contributed by atoms with E-state index in [1.54, 1.807) is 37.3 Å². The van der Waals surface area contributed by atoms with Gasteiger partial charge in [0, 0.05) is 18.3 Å². The third-order valence-corrected chi connectivity index (χ3v) is 3.36. The van der Waals surface area contributed by atoms with E-state index in [0.29, 0.717) is 17.0 Å². The number of anilines is 1. The van der Waals surface area contributed by atoms with Crippen molar-refractivity contribution in [3.8, 4) is 0 Å². The highest BCUT2D eigenvalue weighted by atomic mass is 16.5. The van der Waals surface area contributed by atoms with Crippen LogP contribution in [0.15, 0.2) is 34.9 Å². The van der Waals surface area contributed by atoms with Gasteiger partial charge in [-0.1, -0.05) is 23.4 Å². The first-order valence-electron chi connectivity index (χ1n) is 6.15. The minimum Gasteiger partial charge on any atom is -0.481 e. The highest BCUT2D eigenvalue weighted by Crippen LogP contribution is 2.36. The Morgan fingerprint density at radius 2 is 2.15 bits per heavy atom. The number of aryl methyl sites for hydroxylation is 1. The van der Waals surface area contributed by atoms with Gasteiger partial charge in [-0.25, -0.2) is 0 Å². The van der Waals surface area contributed by atoms with Gasteiger partial charge in [0.15, 0.2) is 5.69 Å². The van der Waals surface area contributed by atoms with Crippen LogP contribution >= 0.6 is 0 Å². The molecular formula is C14H12N2O4. The summed E-state index contributed by atoms with van der Waals surface area (Å²) >= 11 is 0. The maximum atomic E-state index is 12.4. The van der Waals surface area contributed by atoms with Crippen LogP contribution in [-0.4, -0.2) is 28.7 Å². The lowest BCUT2D eigenvalue weighted by atomic mass is 10.0. The van der Waals surface area contributed by atoms with Crippen LogP contribution in [0.5, 0.6) is 0 Å². The van der Waals surface area contributed by atoms with E-state index in [1.807, 2.05) is 0 Å². The van der Waals surface area contributed by atoms with Gasteiger partial charge in [-0.2, -0.15) is 0 Å². The summed E-state index contributed by atoms with van der Waals surface area (Å²) in [5, 5.41) is 13.0. The molecule has 0 bridgehead atoms. The smallest absolute Gasteiger partial charge is 0.312 e. The van der Waals surface area contributed by atoms with E-state index in [2.05, 4.69) is 5.16 Å². The predicted molar refractivity (Wildman–Crippen MR) is 69.7 cm³/mol. The van der Waals surface area contributed by atoms with Crippen molar-refractivity contribution in [2.75, 3.05) is 11.4 Å². The highest BCUT2D eigenvalue weighted by molar-refractivity contribution is 6.07. The molecule has 1 aromatic carbocycles. The second kappa shape index (κ2) is 4.48. The number of para-hydroxylation sites is 1. The number of aromatic nitrogens is 1. The summed E-state index contributed by atoms with van der Waals surface area (Å²) in [6.45, 7) is 1.81. The number of benzene rings is 1. The molecule has 0 fully saturated rings. The van der Waals surface area contributed by atoms with E-state index < -0.39 is 11.9 Å². The summed E-state index contributed by atoms with van der Waals surface area (Å²) in [6, 6.07) is 8.55. The average Bonchev–Trinajstić information content (AvgIpc) is 3.02. The summed E-state index contributed by atoms with van der Waals surface area (Å²) in [4.78, 5) is 25.1. The SMILES string of the molecule is Cc1cc(C(=O)N2C[C@H](C(=O)O)c3ccccc32)no1. The number of nitrogens with zero attached hydrogens (tertiary/aromatic N) is 2. The second-order valence-corrected chi connectivity index (χ2v) is 4.69. The fraction of sp³-hybridized carbons (Fsp3) is 0.214. The Balaban J connectivity index is 2.00. The number of carboxylic acid groups (broad SMARTS) is 1. The van der Waals surface area contributed by atoms with Gasteiger partial charge in [0.2, 0.25) is 0 Å². The van der Waals surface area contributed by atoms with Crippen LogP contribution in [0.2, 0.25) is 0 Å². The lowest BCUT2D eigenvalue weighted by Gasteiger charge is -2.15. The first-order chi connectivity index (χ1) is 9.58. The molecule has 1 atom stereocenters. The van der Waals surface area contributed by atoms with Gasteiger partial charge in [-0.15, -0.1) is 0 Å². The minimum atomic E-state index is -0.941. The Bertz CT molecular complexity index is 692. The van der Waals surface area contributed by atoms with Gasteiger partial charge in [-0.05, 0) is 18.6 Å². The number of fused-ring (bicyclic) bond motifs is 1. The van der Waals surface area contributed by atoms with Crippen LogP contribution in [0.3, 0.4) is 0 Å². The molecule has 1 aliphatic heterocycles. The van der Waals surface area contributed by atoms with Crippen LogP contribution in [0, 0.1) is 6.92 Å². The Kier molecular flexibility index (Phi) is 2.78. The highest BCUT2D eigenvalue weighted by Gasteiger charge is 2.37. The molecule has 6 heteroatoms. The summed E-state index contributed by atoms with van der Waals surface area (Å²) in [5.74, 6) is -1.46. The second-order valence-electron chi connectivity index (χ2n) is 4.69.